The molecule has 0 aliphatic carbocycles. The molecule has 1 N–H and O–H groups in total. The van der Waals surface area contributed by atoms with Crippen molar-refractivity contribution >= 4 is 27.7 Å². The van der Waals surface area contributed by atoms with Crippen LogP contribution in [-0.2, 0) is 26.1 Å². The molecule has 0 aliphatic rings. The number of hydrogen-bond donors (Lipinski definition) is 1. The predicted octanol–water partition coefficient (Wildman–Crippen LogP) is 6.76. The van der Waals surface area contributed by atoms with Crippen LogP contribution >= 0.6 is 11.6 Å². The van der Waals surface area contributed by atoms with Crippen LogP contribution in [0.25, 0.3) is 0 Å². The molecule has 0 aliphatic heterocycles. The van der Waals surface area contributed by atoms with E-state index in [9.17, 15) is 13.2 Å². The number of unbranched alkanes of at least 4 members (excludes halogenated alkanes) is 2. The zero-order valence-electron chi connectivity index (χ0n) is 22.9. The summed E-state index contributed by atoms with van der Waals surface area (Å²) in [6.07, 6.45) is 6.45. The average Bonchev–Trinajstić information content (AvgIpc) is 2.89. The summed E-state index contributed by atoms with van der Waals surface area (Å²) < 4.78 is 47.2. The van der Waals surface area contributed by atoms with E-state index >= 15 is 0 Å². The summed E-state index contributed by atoms with van der Waals surface area (Å²) in [6.45, 7) is 7.23. The highest BCUT2D eigenvalue weighted by molar-refractivity contribution is 7.87. The third kappa shape index (κ3) is 11.9. The Bertz CT molecular complexity index is 1180. The van der Waals surface area contributed by atoms with E-state index in [1.54, 1.807) is 24.3 Å². The first kappa shape index (κ1) is 32.5. The highest BCUT2D eigenvalue weighted by atomic mass is 35.5. The SMILES string of the molecule is CCCCOc1cc(C(CC=CC(=O)O)OCC)ccc1OCCc1ccc(OS(=O)(=O)CCCC)c(Cl)c1. The molecule has 0 bridgehead atoms. The topological polar surface area (TPSA) is 108 Å². The number of benzene rings is 2. The van der Waals surface area contributed by atoms with Crippen molar-refractivity contribution in [3.05, 3.63) is 64.7 Å². The molecule has 39 heavy (non-hydrogen) atoms. The zero-order valence-corrected chi connectivity index (χ0v) is 24.4. The number of aliphatic carboxylic acids is 1. The van der Waals surface area contributed by atoms with Crippen LogP contribution in [0.1, 0.15) is 70.1 Å². The number of hydrogen-bond acceptors (Lipinski definition) is 7. The maximum Gasteiger partial charge on any atom is 0.327 e. The molecular weight excluding hydrogens is 544 g/mol. The summed E-state index contributed by atoms with van der Waals surface area (Å²) in [6, 6.07) is 10.6. The molecule has 0 aromatic heterocycles. The summed E-state index contributed by atoms with van der Waals surface area (Å²) in [4.78, 5) is 10.8. The van der Waals surface area contributed by atoms with Gasteiger partial charge in [0.1, 0.15) is 0 Å². The average molecular weight is 583 g/mol. The molecule has 2 aromatic rings. The van der Waals surface area contributed by atoms with Gasteiger partial charge >= 0.3 is 16.1 Å². The standard InChI is InChI=1S/C29H39ClO8S/c1-4-7-17-36-28-21-23(25(35-6-3)10-9-11-29(31)32)13-15-27(28)37-18-16-22-12-14-26(24(30)20-22)38-39(33,34)19-8-5-2/h9,11-15,20-21,25H,4-8,10,16-19H2,1-3H3,(H,31,32). The van der Waals surface area contributed by atoms with Crippen LogP contribution in [0.2, 0.25) is 5.02 Å². The number of rotatable bonds is 19. The number of carboxylic acids is 1. The van der Waals surface area contributed by atoms with Gasteiger partial charge in [0.25, 0.3) is 0 Å². The zero-order chi connectivity index (χ0) is 28.7. The molecule has 0 heterocycles. The first-order chi connectivity index (χ1) is 18.7. The Morgan fingerprint density at radius 3 is 2.36 bits per heavy atom. The van der Waals surface area contributed by atoms with E-state index in [-0.39, 0.29) is 22.6 Å². The minimum atomic E-state index is -3.68. The molecule has 2 aromatic carbocycles. The normalized spacial score (nSPS) is 12.4. The molecule has 0 spiro atoms. The number of carbonyl (C=O) groups is 1. The lowest BCUT2D eigenvalue weighted by Gasteiger charge is -2.19. The first-order valence-corrected chi connectivity index (χ1v) is 15.3. The lowest BCUT2D eigenvalue weighted by Crippen LogP contribution is -2.14. The monoisotopic (exact) mass is 582 g/mol. The van der Waals surface area contributed by atoms with Crippen molar-refractivity contribution < 1.29 is 36.7 Å². The van der Waals surface area contributed by atoms with Crippen molar-refractivity contribution in [1.82, 2.24) is 0 Å². The molecule has 0 amide bonds. The minimum Gasteiger partial charge on any atom is -0.490 e. The molecule has 2 rings (SSSR count). The molecular formula is C29H39ClO8S. The molecule has 1 atom stereocenters. The summed E-state index contributed by atoms with van der Waals surface area (Å²) >= 11 is 6.29. The maximum absolute atomic E-state index is 12.1. The Morgan fingerprint density at radius 1 is 0.974 bits per heavy atom. The molecule has 0 radical (unpaired) electrons. The minimum absolute atomic E-state index is 0.0543. The number of carboxylic acid groups (broad SMARTS) is 1. The second-order valence-corrected chi connectivity index (χ2v) is 11.0. The molecule has 8 nitrogen and oxygen atoms in total. The fourth-order valence-electron chi connectivity index (χ4n) is 3.62. The van der Waals surface area contributed by atoms with E-state index in [0.29, 0.717) is 50.6 Å². The fraction of sp³-hybridized carbons (Fsp3) is 0.483. The van der Waals surface area contributed by atoms with Crippen molar-refractivity contribution in [3.63, 3.8) is 0 Å². The fourth-order valence-corrected chi connectivity index (χ4v) is 5.06. The number of ether oxygens (including phenoxy) is 3. The van der Waals surface area contributed by atoms with Crippen LogP contribution in [-0.4, -0.2) is 45.1 Å². The van der Waals surface area contributed by atoms with Crippen molar-refractivity contribution in [2.75, 3.05) is 25.6 Å². The molecule has 10 heteroatoms. The maximum atomic E-state index is 12.1. The lowest BCUT2D eigenvalue weighted by atomic mass is 10.1. The van der Waals surface area contributed by atoms with Crippen molar-refractivity contribution in [2.24, 2.45) is 0 Å². The molecule has 0 saturated carbocycles. The first-order valence-electron chi connectivity index (χ1n) is 13.3. The molecule has 216 valence electrons. The van der Waals surface area contributed by atoms with E-state index in [1.807, 2.05) is 32.0 Å². The smallest absolute Gasteiger partial charge is 0.327 e. The van der Waals surface area contributed by atoms with E-state index in [2.05, 4.69) is 6.92 Å². The Labute approximate surface area is 237 Å². The van der Waals surface area contributed by atoms with Gasteiger partial charge < -0.3 is 23.5 Å². The largest absolute Gasteiger partial charge is 0.490 e. The van der Waals surface area contributed by atoms with Gasteiger partial charge in [-0.2, -0.15) is 8.42 Å². The van der Waals surface area contributed by atoms with Gasteiger partial charge in [0, 0.05) is 19.1 Å². The van der Waals surface area contributed by atoms with Gasteiger partial charge in [0.2, 0.25) is 0 Å². The van der Waals surface area contributed by atoms with Gasteiger partial charge in [0.05, 0.1) is 30.1 Å². The highest BCUT2D eigenvalue weighted by Crippen LogP contribution is 2.34. The van der Waals surface area contributed by atoms with Crippen molar-refractivity contribution in [2.45, 2.75) is 65.4 Å². The van der Waals surface area contributed by atoms with Crippen LogP contribution in [0.15, 0.2) is 48.6 Å². The third-order valence-corrected chi connectivity index (χ3v) is 7.20. The van der Waals surface area contributed by atoms with E-state index in [0.717, 1.165) is 36.5 Å². The quantitative estimate of drug-likeness (QED) is 0.110. The summed E-state index contributed by atoms with van der Waals surface area (Å²) in [5, 5.41) is 9.11. The van der Waals surface area contributed by atoms with Gasteiger partial charge in [-0.15, -0.1) is 0 Å². The Morgan fingerprint density at radius 2 is 1.69 bits per heavy atom. The third-order valence-electron chi connectivity index (χ3n) is 5.68. The van der Waals surface area contributed by atoms with E-state index < -0.39 is 16.1 Å². The Kier molecular flexibility index (Phi) is 14.2. The van der Waals surface area contributed by atoms with Gasteiger partial charge in [-0.1, -0.05) is 56.5 Å². The van der Waals surface area contributed by atoms with Crippen LogP contribution < -0.4 is 13.7 Å². The van der Waals surface area contributed by atoms with Crippen molar-refractivity contribution in [1.29, 1.82) is 0 Å². The highest BCUT2D eigenvalue weighted by Gasteiger charge is 2.16. The van der Waals surface area contributed by atoms with Gasteiger partial charge in [-0.3, -0.25) is 0 Å². The van der Waals surface area contributed by atoms with Crippen LogP contribution in [0.3, 0.4) is 0 Å². The van der Waals surface area contributed by atoms with Gasteiger partial charge in [-0.05, 0) is 61.6 Å². The van der Waals surface area contributed by atoms with Crippen LogP contribution in [0, 0.1) is 0 Å². The molecule has 0 fully saturated rings. The van der Waals surface area contributed by atoms with Gasteiger partial charge in [-0.25, -0.2) is 4.79 Å². The summed E-state index contributed by atoms with van der Waals surface area (Å²) in [5.74, 6) is 0.229. The van der Waals surface area contributed by atoms with E-state index in [4.69, 9.17) is 35.1 Å². The van der Waals surface area contributed by atoms with Crippen molar-refractivity contribution in [3.8, 4) is 17.2 Å². The number of halogens is 1. The second kappa shape index (κ2) is 17.0. The molecule has 0 saturated heterocycles. The Hall–Kier alpha value is -2.75. The van der Waals surface area contributed by atoms with Crippen LogP contribution in [0.5, 0.6) is 17.2 Å². The predicted molar refractivity (Wildman–Crippen MR) is 153 cm³/mol. The van der Waals surface area contributed by atoms with Gasteiger partial charge in [0.15, 0.2) is 17.2 Å². The second-order valence-electron chi connectivity index (χ2n) is 8.89. The molecule has 1 unspecified atom stereocenters. The summed E-state index contributed by atoms with van der Waals surface area (Å²) in [5.41, 5.74) is 1.73. The van der Waals surface area contributed by atoms with Crippen LogP contribution in [0.4, 0.5) is 0 Å². The Balaban J connectivity index is 2.10. The summed E-state index contributed by atoms with van der Waals surface area (Å²) in [7, 11) is -3.68. The lowest BCUT2D eigenvalue weighted by molar-refractivity contribution is -0.131. The van der Waals surface area contributed by atoms with E-state index in [1.165, 1.54) is 0 Å².